The van der Waals surface area contributed by atoms with Crippen LogP contribution in [-0.4, -0.2) is 23.6 Å². The van der Waals surface area contributed by atoms with E-state index >= 15 is 0 Å². The van der Waals surface area contributed by atoms with Crippen LogP contribution in [0.4, 0.5) is 5.69 Å². The number of hydrogen-bond donors (Lipinski definition) is 2. The molecule has 4 nitrogen and oxygen atoms in total. The van der Waals surface area contributed by atoms with Crippen LogP contribution in [0.1, 0.15) is 38.7 Å². The van der Waals surface area contributed by atoms with E-state index in [2.05, 4.69) is 23.9 Å². The van der Waals surface area contributed by atoms with Gasteiger partial charge in [0.1, 0.15) is 0 Å². The minimum atomic E-state index is 0.0820. The predicted molar refractivity (Wildman–Crippen MR) is 83.8 cm³/mol. The van der Waals surface area contributed by atoms with Gasteiger partial charge < -0.3 is 15.8 Å². The van der Waals surface area contributed by atoms with Crippen molar-refractivity contribution in [1.29, 1.82) is 0 Å². The molecule has 1 aliphatic carbocycles. The molecule has 0 bridgehead atoms. The van der Waals surface area contributed by atoms with Crippen LogP contribution in [0.5, 0.6) is 0 Å². The molecule has 0 unspecified atom stereocenters. The first-order chi connectivity index (χ1) is 9.52. The highest BCUT2D eigenvalue weighted by Crippen LogP contribution is 2.36. The molecule has 0 aromatic heterocycles. The lowest BCUT2D eigenvalue weighted by Crippen LogP contribution is -2.28. The molecule has 0 atom stereocenters. The van der Waals surface area contributed by atoms with Crippen molar-refractivity contribution in [1.82, 2.24) is 0 Å². The van der Waals surface area contributed by atoms with Crippen molar-refractivity contribution >= 4 is 23.1 Å². The van der Waals surface area contributed by atoms with E-state index in [-0.39, 0.29) is 5.84 Å². The monoisotopic (exact) mass is 295 g/mol. The minimum Gasteiger partial charge on any atom is -0.409 e. The van der Waals surface area contributed by atoms with E-state index < -0.39 is 0 Å². The lowest BCUT2D eigenvalue weighted by atomic mass is 10.1. The van der Waals surface area contributed by atoms with Crippen molar-refractivity contribution in [2.75, 3.05) is 11.4 Å². The van der Waals surface area contributed by atoms with Crippen molar-refractivity contribution in [3.8, 4) is 0 Å². The number of nitrogens with two attached hydrogens (primary N) is 1. The number of halogens is 1. The van der Waals surface area contributed by atoms with Crippen LogP contribution in [0.25, 0.3) is 0 Å². The van der Waals surface area contributed by atoms with Gasteiger partial charge in [0.25, 0.3) is 0 Å². The summed E-state index contributed by atoms with van der Waals surface area (Å²) in [6.07, 6.45) is 3.61. The number of amidine groups is 1. The fourth-order valence-corrected chi connectivity index (χ4v) is 2.53. The zero-order chi connectivity index (χ0) is 14.7. The molecule has 0 spiro atoms. The maximum atomic E-state index is 8.71. The molecule has 20 heavy (non-hydrogen) atoms. The summed E-state index contributed by atoms with van der Waals surface area (Å²) >= 11 is 6.38. The van der Waals surface area contributed by atoms with Gasteiger partial charge in [-0.1, -0.05) is 30.6 Å². The normalized spacial score (nSPS) is 15.7. The molecule has 0 amide bonds. The number of rotatable bonds is 6. The zero-order valence-electron chi connectivity index (χ0n) is 12.0. The van der Waals surface area contributed by atoms with Crippen molar-refractivity contribution in [2.24, 2.45) is 16.8 Å². The van der Waals surface area contributed by atoms with Crippen LogP contribution in [0, 0.1) is 5.92 Å². The molecule has 0 radical (unpaired) electrons. The Labute approximate surface area is 125 Å². The van der Waals surface area contributed by atoms with Crippen molar-refractivity contribution in [3.63, 3.8) is 0 Å². The maximum Gasteiger partial charge on any atom is 0.170 e. The van der Waals surface area contributed by atoms with Gasteiger partial charge in [0.05, 0.1) is 10.7 Å². The molecule has 1 saturated carbocycles. The van der Waals surface area contributed by atoms with Gasteiger partial charge in [-0.2, -0.15) is 0 Å². The molecule has 1 fully saturated rings. The second-order valence-electron chi connectivity index (χ2n) is 5.76. The van der Waals surface area contributed by atoms with Gasteiger partial charge in [-0.05, 0) is 43.4 Å². The highest BCUT2D eigenvalue weighted by Gasteiger charge is 2.30. The predicted octanol–water partition coefficient (Wildman–Crippen LogP) is 3.45. The SMILES string of the molecule is CC(C)CCN(c1ccc(/C(N)=N/O)cc1Cl)C1CC1. The third-order valence-electron chi connectivity index (χ3n) is 3.60. The number of hydrogen-bond acceptors (Lipinski definition) is 3. The second-order valence-corrected chi connectivity index (χ2v) is 6.17. The van der Waals surface area contributed by atoms with E-state index in [1.165, 1.54) is 12.8 Å². The molecule has 0 heterocycles. The summed E-state index contributed by atoms with van der Waals surface area (Å²) in [4.78, 5) is 2.39. The Morgan fingerprint density at radius 3 is 2.70 bits per heavy atom. The second kappa shape index (κ2) is 6.35. The van der Waals surface area contributed by atoms with Gasteiger partial charge in [0.15, 0.2) is 5.84 Å². The summed E-state index contributed by atoms with van der Waals surface area (Å²) in [5, 5.41) is 12.4. The molecule has 1 aromatic rings. The molecule has 3 N–H and O–H groups in total. The number of anilines is 1. The van der Waals surface area contributed by atoms with E-state index in [0.717, 1.165) is 18.7 Å². The molecule has 1 aliphatic rings. The molecule has 0 aliphatic heterocycles. The van der Waals surface area contributed by atoms with Crippen LogP contribution in [0.2, 0.25) is 5.02 Å². The van der Waals surface area contributed by atoms with Gasteiger partial charge in [0, 0.05) is 18.2 Å². The van der Waals surface area contributed by atoms with Crippen LogP contribution in [0.3, 0.4) is 0 Å². The van der Waals surface area contributed by atoms with E-state index in [1.807, 2.05) is 12.1 Å². The van der Waals surface area contributed by atoms with Crippen LogP contribution in [-0.2, 0) is 0 Å². The molecular weight excluding hydrogens is 274 g/mol. The fraction of sp³-hybridized carbons (Fsp3) is 0.533. The Bertz CT molecular complexity index is 498. The highest BCUT2D eigenvalue weighted by molar-refractivity contribution is 6.33. The Balaban J connectivity index is 2.20. The van der Waals surface area contributed by atoms with Gasteiger partial charge in [-0.3, -0.25) is 0 Å². The molecule has 110 valence electrons. The standard InChI is InChI=1S/C15H22ClN3O/c1-10(2)7-8-19(12-4-5-12)14-6-3-11(9-13(14)16)15(17)18-20/h3,6,9-10,12,20H,4-5,7-8H2,1-2H3,(H2,17,18). The first-order valence-electron chi connectivity index (χ1n) is 7.07. The molecule has 2 rings (SSSR count). The smallest absolute Gasteiger partial charge is 0.170 e. The van der Waals surface area contributed by atoms with E-state index in [0.29, 0.717) is 22.5 Å². The van der Waals surface area contributed by atoms with Gasteiger partial charge in [-0.25, -0.2) is 0 Å². The molecule has 1 aromatic carbocycles. The third-order valence-corrected chi connectivity index (χ3v) is 3.90. The molecular formula is C15H22ClN3O. The van der Waals surface area contributed by atoms with E-state index in [1.54, 1.807) is 6.07 Å². The first-order valence-corrected chi connectivity index (χ1v) is 7.44. The Morgan fingerprint density at radius 1 is 1.50 bits per heavy atom. The van der Waals surface area contributed by atoms with E-state index in [4.69, 9.17) is 22.5 Å². The minimum absolute atomic E-state index is 0.0820. The molecule has 5 heteroatoms. The van der Waals surface area contributed by atoms with Crippen molar-refractivity contribution in [3.05, 3.63) is 28.8 Å². The fourth-order valence-electron chi connectivity index (χ4n) is 2.24. The average Bonchev–Trinajstić information content (AvgIpc) is 3.23. The quantitative estimate of drug-likeness (QED) is 0.366. The Morgan fingerprint density at radius 2 is 2.20 bits per heavy atom. The number of benzene rings is 1. The molecule has 0 saturated heterocycles. The van der Waals surface area contributed by atoms with E-state index in [9.17, 15) is 0 Å². The maximum absolute atomic E-state index is 8.71. The third kappa shape index (κ3) is 3.57. The lowest BCUT2D eigenvalue weighted by Gasteiger charge is -2.27. The summed E-state index contributed by atoms with van der Waals surface area (Å²) in [5.41, 5.74) is 7.27. The van der Waals surface area contributed by atoms with Crippen LogP contribution in [0.15, 0.2) is 23.4 Å². The van der Waals surface area contributed by atoms with Gasteiger partial charge in [0.2, 0.25) is 0 Å². The van der Waals surface area contributed by atoms with Crippen LogP contribution < -0.4 is 10.6 Å². The Kier molecular flexibility index (Phi) is 4.76. The lowest BCUT2D eigenvalue weighted by molar-refractivity contribution is 0.318. The largest absolute Gasteiger partial charge is 0.409 e. The summed E-state index contributed by atoms with van der Waals surface area (Å²) in [5.74, 6) is 0.755. The number of oxime groups is 1. The van der Waals surface area contributed by atoms with Crippen molar-refractivity contribution in [2.45, 2.75) is 39.2 Å². The summed E-state index contributed by atoms with van der Waals surface area (Å²) in [6.45, 7) is 5.48. The van der Waals surface area contributed by atoms with Gasteiger partial charge >= 0.3 is 0 Å². The Hall–Kier alpha value is -1.42. The zero-order valence-corrected chi connectivity index (χ0v) is 12.8. The topological polar surface area (TPSA) is 61.8 Å². The first kappa shape index (κ1) is 15.0. The summed E-state index contributed by atoms with van der Waals surface area (Å²) in [6, 6.07) is 6.19. The average molecular weight is 296 g/mol. The number of nitrogens with zero attached hydrogens (tertiary/aromatic N) is 2. The van der Waals surface area contributed by atoms with Crippen molar-refractivity contribution < 1.29 is 5.21 Å². The van der Waals surface area contributed by atoms with Crippen LogP contribution >= 0.6 is 11.6 Å². The summed E-state index contributed by atoms with van der Waals surface area (Å²) in [7, 11) is 0. The summed E-state index contributed by atoms with van der Waals surface area (Å²) < 4.78 is 0. The van der Waals surface area contributed by atoms with Gasteiger partial charge in [-0.15, -0.1) is 0 Å². The highest BCUT2D eigenvalue weighted by atomic mass is 35.5.